The van der Waals surface area contributed by atoms with Crippen LogP contribution in [0.4, 0.5) is 13.2 Å². The first-order valence-electron chi connectivity index (χ1n) is 16.0. The van der Waals surface area contributed by atoms with E-state index in [1.165, 1.54) is 43.5 Å². The van der Waals surface area contributed by atoms with Crippen LogP contribution in [0.1, 0.15) is 96.0 Å². The number of aryl methyl sites for hydroxylation is 1. The maximum absolute atomic E-state index is 13.2. The number of hydrogen-bond acceptors (Lipinski definition) is 7. The summed E-state index contributed by atoms with van der Waals surface area (Å²) in [4.78, 5) is 28.1. The zero-order valence-corrected chi connectivity index (χ0v) is 26.1. The van der Waals surface area contributed by atoms with Gasteiger partial charge in [0.25, 0.3) is 0 Å². The molecular formula is C35H44F3NO6. The van der Waals surface area contributed by atoms with Gasteiger partial charge in [-0.25, -0.2) is 9.59 Å². The van der Waals surface area contributed by atoms with Gasteiger partial charge in [0.05, 0.1) is 18.8 Å². The number of nitrogens with zero attached hydrogens (tertiary/aromatic N) is 1. The summed E-state index contributed by atoms with van der Waals surface area (Å²) >= 11 is 0. The quantitative estimate of drug-likeness (QED) is 0.0657. The Labute approximate surface area is 262 Å². The fourth-order valence-electron chi connectivity index (χ4n) is 5.01. The molecule has 10 heteroatoms. The van der Waals surface area contributed by atoms with E-state index in [4.69, 9.17) is 13.9 Å². The van der Waals surface area contributed by atoms with Gasteiger partial charge in [-0.1, -0.05) is 89.8 Å². The molecular weight excluding hydrogens is 587 g/mol. The van der Waals surface area contributed by atoms with E-state index in [1.54, 1.807) is 18.2 Å². The lowest BCUT2D eigenvalue weighted by molar-refractivity contribution is -0.274. The second-order valence-electron chi connectivity index (χ2n) is 11.1. The minimum absolute atomic E-state index is 0.00583. The molecule has 2 heterocycles. The van der Waals surface area contributed by atoms with E-state index in [0.29, 0.717) is 36.5 Å². The van der Waals surface area contributed by atoms with Gasteiger partial charge in [-0.2, -0.15) is 4.98 Å². The van der Waals surface area contributed by atoms with Crippen LogP contribution in [0.2, 0.25) is 0 Å². The van der Waals surface area contributed by atoms with Crippen LogP contribution in [0.5, 0.6) is 11.6 Å². The van der Waals surface area contributed by atoms with E-state index in [9.17, 15) is 22.8 Å². The molecule has 0 aliphatic heterocycles. The molecule has 0 amide bonds. The summed E-state index contributed by atoms with van der Waals surface area (Å²) in [6.45, 7) is 6.35. The number of ether oxygens (including phenoxy) is 3. The molecule has 0 aliphatic carbocycles. The summed E-state index contributed by atoms with van der Waals surface area (Å²) in [6.07, 6.45) is 10.5. The zero-order chi connectivity index (χ0) is 32.5. The molecule has 45 heavy (non-hydrogen) atoms. The first kappa shape index (κ1) is 35.7. The number of aromatic nitrogens is 1. The van der Waals surface area contributed by atoms with Crippen molar-refractivity contribution in [2.45, 2.75) is 103 Å². The first-order valence-corrected chi connectivity index (χ1v) is 16.0. The van der Waals surface area contributed by atoms with Gasteiger partial charge in [-0.3, -0.25) is 0 Å². The molecule has 0 saturated carbocycles. The molecule has 2 aromatic heterocycles. The number of unbranched alkanes of at least 4 members (excludes halogenated alkanes) is 11. The monoisotopic (exact) mass is 631 g/mol. The van der Waals surface area contributed by atoms with Crippen molar-refractivity contribution in [1.82, 2.24) is 4.98 Å². The Hall–Kier alpha value is -3.82. The van der Waals surface area contributed by atoms with E-state index < -0.39 is 17.7 Å². The summed E-state index contributed by atoms with van der Waals surface area (Å²) in [5.74, 6) is -0.486. The molecule has 0 aliphatic rings. The van der Waals surface area contributed by atoms with Crippen LogP contribution in [0, 0.1) is 0 Å². The Morgan fingerprint density at radius 2 is 1.53 bits per heavy atom. The second-order valence-corrected chi connectivity index (χ2v) is 11.1. The van der Waals surface area contributed by atoms with Gasteiger partial charge in [-0.05, 0) is 49.4 Å². The van der Waals surface area contributed by atoms with Crippen molar-refractivity contribution in [3.63, 3.8) is 0 Å². The van der Waals surface area contributed by atoms with Crippen LogP contribution >= 0.6 is 0 Å². The topological polar surface area (TPSA) is 87.9 Å². The Kier molecular flexibility index (Phi) is 14.9. The molecule has 7 nitrogen and oxygen atoms in total. The van der Waals surface area contributed by atoms with Crippen molar-refractivity contribution in [2.24, 2.45) is 0 Å². The molecule has 0 N–H and O–H groups in total. The predicted molar refractivity (Wildman–Crippen MR) is 168 cm³/mol. The SMILES string of the molecule is C=CC(=O)OCCCCCCCCCCCCOc1ccc2cc(-c3ccc(CCCCC)cc3OC(F)(F)F)c(=O)oc2n1. The summed E-state index contributed by atoms with van der Waals surface area (Å²) in [6, 6.07) is 9.31. The molecule has 0 bridgehead atoms. The van der Waals surface area contributed by atoms with Gasteiger partial charge in [0.15, 0.2) is 0 Å². The van der Waals surface area contributed by atoms with Gasteiger partial charge < -0.3 is 18.6 Å². The highest BCUT2D eigenvalue weighted by Crippen LogP contribution is 2.35. The number of esters is 1. The third-order valence-corrected chi connectivity index (χ3v) is 7.40. The van der Waals surface area contributed by atoms with Crippen LogP contribution in [0.25, 0.3) is 22.2 Å². The average molecular weight is 632 g/mol. The van der Waals surface area contributed by atoms with Gasteiger partial charge in [0, 0.05) is 23.1 Å². The highest BCUT2D eigenvalue weighted by Gasteiger charge is 2.33. The minimum Gasteiger partial charge on any atom is -0.478 e. The van der Waals surface area contributed by atoms with Crippen LogP contribution < -0.4 is 15.1 Å². The number of rotatable bonds is 21. The minimum atomic E-state index is -4.91. The normalized spacial score (nSPS) is 11.5. The maximum Gasteiger partial charge on any atom is 0.573 e. The van der Waals surface area contributed by atoms with Crippen molar-refractivity contribution < 1.29 is 36.6 Å². The fourth-order valence-corrected chi connectivity index (χ4v) is 5.01. The molecule has 0 atom stereocenters. The summed E-state index contributed by atoms with van der Waals surface area (Å²) in [5.41, 5.74) is -0.0929. The standard InChI is InChI=1S/C35H44F3NO6/c1-3-5-14-17-26-18-20-28(30(24-26)45-35(36,37)38)29-25-27-19-21-31(39-33(27)44-34(29)41)42-22-15-12-10-8-6-7-9-11-13-16-23-43-32(40)4-2/h4,18-21,24-25H,2-3,5-17,22-23H2,1H3. The lowest BCUT2D eigenvalue weighted by atomic mass is 10.0. The molecule has 0 saturated heterocycles. The van der Waals surface area contributed by atoms with Gasteiger partial charge in [-0.15, -0.1) is 13.2 Å². The average Bonchev–Trinajstić information content (AvgIpc) is 3.00. The van der Waals surface area contributed by atoms with Crippen molar-refractivity contribution in [3.8, 4) is 22.8 Å². The number of halogens is 3. The fraction of sp³-hybridized carbons (Fsp3) is 0.514. The molecule has 0 fully saturated rings. The number of carbonyl (C=O) groups excluding carboxylic acids is 1. The lowest BCUT2D eigenvalue weighted by Gasteiger charge is -2.15. The molecule has 0 radical (unpaired) electrons. The number of carbonyl (C=O) groups is 1. The third kappa shape index (κ3) is 13.0. The number of benzene rings is 1. The van der Waals surface area contributed by atoms with Gasteiger partial charge >= 0.3 is 18.0 Å². The number of pyridine rings is 1. The van der Waals surface area contributed by atoms with E-state index in [2.05, 4.69) is 23.2 Å². The molecule has 3 aromatic rings. The third-order valence-electron chi connectivity index (χ3n) is 7.40. The number of fused-ring (bicyclic) bond motifs is 1. The number of hydrogen-bond donors (Lipinski definition) is 0. The van der Waals surface area contributed by atoms with Crippen molar-refractivity contribution in [2.75, 3.05) is 13.2 Å². The predicted octanol–water partition coefficient (Wildman–Crippen LogP) is 9.50. The zero-order valence-electron chi connectivity index (χ0n) is 26.1. The highest BCUT2D eigenvalue weighted by molar-refractivity contribution is 5.82. The molecule has 3 rings (SSSR count). The summed E-state index contributed by atoms with van der Waals surface area (Å²) in [7, 11) is 0. The maximum atomic E-state index is 13.2. The number of alkyl halides is 3. The van der Waals surface area contributed by atoms with Crippen molar-refractivity contribution in [3.05, 3.63) is 65.0 Å². The van der Waals surface area contributed by atoms with E-state index in [1.807, 2.05) is 0 Å². The van der Waals surface area contributed by atoms with Crippen LogP contribution in [0.15, 0.2) is 58.3 Å². The Morgan fingerprint density at radius 3 is 2.18 bits per heavy atom. The molecule has 0 spiro atoms. The van der Waals surface area contributed by atoms with Gasteiger partial charge in [0.1, 0.15) is 5.75 Å². The smallest absolute Gasteiger partial charge is 0.478 e. The Morgan fingerprint density at radius 1 is 0.867 bits per heavy atom. The second kappa shape index (κ2) is 18.9. The van der Waals surface area contributed by atoms with E-state index >= 15 is 0 Å². The van der Waals surface area contributed by atoms with E-state index in [-0.39, 0.29) is 22.8 Å². The largest absolute Gasteiger partial charge is 0.573 e. The van der Waals surface area contributed by atoms with Crippen molar-refractivity contribution in [1.29, 1.82) is 0 Å². The molecule has 1 aromatic carbocycles. The molecule has 246 valence electrons. The van der Waals surface area contributed by atoms with Crippen molar-refractivity contribution >= 4 is 17.1 Å². The Bertz CT molecular complexity index is 1420. The van der Waals surface area contributed by atoms with Crippen LogP contribution in [0.3, 0.4) is 0 Å². The van der Waals surface area contributed by atoms with Crippen LogP contribution in [-0.4, -0.2) is 30.5 Å². The highest BCUT2D eigenvalue weighted by atomic mass is 19.4. The first-order chi connectivity index (χ1) is 21.7. The van der Waals surface area contributed by atoms with E-state index in [0.717, 1.165) is 64.2 Å². The Balaban J connectivity index is 1.45. The van der Waals surface area contributed by atoms with Crippen LogP contribution in [-0.2, 0) is 16.0 Å². The van der Waals surface area contributed by atoms with Gasteiger partial charge in [0.2, 0.25) is 11.6 Å². The molecule has 0 unspecified atom stereocenters. The summed E-state index contributed by atoms with van der Waals surface area (Å²) < 4.78 is 60.1. The summed E-state index contributed by atoms with van der Waals surface area (Å²) in [5, 5.41) is 0.457. The lowest BCUT2D eigenvalue weighted by Crippen LogP contribution is -2.18.